The second-order valence-corrected chi connectivity index (χ2v) is 7.19. The van der Waals surface area contributed by atoms with Crippen LogP contribution in [0.5, 0.6) is 5.75 Å². The zero-order valence-electron chi connectivity index (χ0n) is 16.5. The highest BCUT2D eigenvalue weighted by Gasteiger charge is 2.21. The van der Waals surface area contributed by atoms with Gasteiger partial charge in [0.2, 0.25) is 0 Å². The number of rotatable bonds is 7. The Morgan fingerprint density at radius 1 is 1.30 bits per heavy atom. The molecule has 1 aromatic rings. The second-order valence-electron chi connectivity index (χ2n) is 7.19. The van der Waals surface area contributed by atoms with E-state index >= 15 is 0 Å². The van der Waals surface area contributed by atoms with Crippen molar-refractivity contribution in [3.8, 4) is 5.75 Å². The lowest BCUT2D eigenvalue weighted by Gasteiger charge is -2.35. The number of carbonyl (C=O) groups excluding carboxylic acids is 1. The molecule has 152 valence electrons. The van der Waals surface area contributed by atoms with E-state index in [0.29, 0.717) is 18.2 Å². The standard InChI is InChI=1S/C19H30F2N4O2/c1-14-6-5-7-16(27-18(20)21)17(14)22-19(26)25(4)13-12-24(3)15-8-10-23(2)11-9-15/h5-7,15,18H,8-13H2,1-4H3,(H,22,26). The Kier molecular flexibility index (Phi) is 7.79. The first kappa shape index (κ1) is 21.4. The molecule has 1 aromatic carbocycles. The number of urea groups is 1. The highest BCUT2D eigenvalue weighted by atomic mass is 19.3. The average Bonchev–Trinajstić information content (AvgIpc) is 2.62. The molecular weight excluding hydrogens is 354 g/mol. The van der Waals surface area contributed by atoms with Gasteiger partial charge < -0.3 is 24.8 Å². The number of hydrogen-bond acceptors (Lipinski definition) is 4. The van der Waals surface area contributed by atoms with Crippen LogP contribution in [0.1, 0.15) is 18.4 Å². The Hall–Kier alpha value is -1.93. The van der Waals surface area contributed by atoms with Crippen molar-refractivity contribution in [1.82, 2.24) is 14.7 Å². The predicted octanol–water partition coefficient (Wildman–Crippen LogP) is 3.09. The Balaban J connectivity index is 1.88. The third-order valence-corrected chi connectivity index (χ3v) is 5.13. The van der Waals surface area contributed by atoms with Crippen LogP contribution in [0.2, 0.25) is 0 Å². The summed E-state index contributed by atoms with van der Waals surface area (Å²) >= 11 is 0. The fourth-order valence-corrected chi connectivity index (χ4v) is 3.23. The molecular formula is C19H30F2N4O2. The maximum Gasteiger partial charge on any atom is 0.387 e. The first-order valence-electron chi connectivity index (χ1n) is 9.23. The van der Waals surface area contributed by atoms with Gasteiger partial charge in [-0.05, 0) is 58.6 Å². The van der Waals surface area contributed by atoms with Crippen molar-refractivity contribution in [2.24, 2.45) is 0 Å². The van der Waals surface area contributed by atoms with E-state index in [2.05, 4.69) is 33.9 Å². The summed E-state index contributed by atoms with van der Waals surface area (Å²) in [6, 6.07) is 4.95. The van der Waals surface area contributed by atoms with E-state index in [9.17, 15) is 13.6 Å². The fraction of sp³-hybridized carbons (Fsp3) is 0.632. The molecule has 1 N–H and O–H groups in total. The van der Waals surface area contributed by atoms with Gasteiger partial charge in [-0.3, -0.25) is 0 Å². The van der Waals surface area contributed by atoms with Gasteiger partial charge in [0.15, 0.2) is 0 Å². The van der Waals surface area contributed by atoms with Crippen molar-refractivity contribution in [3.05, 3.63) is 23.8 Å². The largest absolute Gasteiger partial charge is 0.433 e. The quantitative estimate of drug-likeness (QED) is 0.785. The highest BCUT2D eigenvalue weighted by molar-refractivity contribution is 5.91. The number of likely N-dealkylation sites (N-methyl/N-ethyl adjacent to an activating group) is 2. The molecule has 0 atom stereocenters. The molecule has 8 heteroatoms. The minimum Gasteiger partial charge on any atom is -0.433 e. The van der Waals surface area contributed by atoms with Crippen molar-refractivity contribution in [1.29, 1.82) is 0 Å². The average molecular weight is 384 g/mol. The second kappa shape index (κ2) is 9.85. The van der Waals surface area contributed by atoms with Gasteiger partial charge in [0, 0.05) is 26.2 Å². The topological polar surface area (TPSA) is 48.1 Å². The lowest BCUT2D eigenvalue weighted by Crippen LogP contribution is -2.45. The van der Waals surface area contributed by atoms with Gasteiger partial charge in [-0.15, -0.1) is 0 Å². The van der Waals surface area contributed by atoms with E-state index in [1.54, 1.807) is 31.0 Å². The summed E-state index contributed by atoms with van der Waals surface area (Å²) in [5, 5.41) is 2.70. The first-order valence-corrected chi connectivity index (χ1v) is 9.23. The summed E-state index contributed by atoms with van der Waals surface area (Å²) in [6.45, 7) is 2.28. The third-order valence-electron chi connectivity index (χ3n) is 5.13. The summed E-state index contributed by atoms with van der Waals surface area (Å²) < 4.78 is 29.7. The van der Waals surface area contributed by atoms with Crippen molar-refractivity contribution in [2.45, 2.75) is 32.4 Å². The molecule has 0 spiro atoms. The number of piperidine rings is 1. The smallest absolute Gasteiger partial charge is 0.387 e. The van der Waals surface area contributed by atoms with Gasteiger partial charge in [0.1, 0.15) is 5.75 Å². The Labute approximate surface area is 160 Å². The van der Waals surface area contributed by atoms with Crippen LogP contribution in [-0.4, -0.2) is 80.7 Å². The monoisotopic (exact) mass is 384 g/mol. The molecule has 1 fully saturated rings. The van der Waals surface area contributed by atoms with Crippen LogP contribution >= 0.6 is 0 Å². The molecule has 1 heterocycles. The van der Waals surface area contributed by atoms with Crippen LogP contribution in [0.3, 0.4) is 0 Å². The van der Waals surface area contributed by atoms with E-state index in [-0.39, 0.29) is 17.5 Å². The van der Waals surface area contributed by atoms with Crippen LogP contribution in [0.4, 0.5) is 19.3 Å². The molecule has 1 aliphatic heterocycles. The molecule has 2 rings (SSSR count). The number of ether oxygens (including phenoxy) is 1. The summed E-state index contributed by atoms with van der Waals surface area (Å²) in [5.74, 6) is -0.0322. The van der Waals surface area contributed by atoms with E-state index in [0.717, 1.165) is 32.5 Å². The molecule has 0 saturated carbocycles. The molecule has 1 aliphatic rings. The van der Waals surface area contributed by atoms with Gasteiger partial charge in [-0.25, -0.2) is 4.79 Å². The van der Waals surface area contributed by atoms with Gasteiger partial charge in [-0.2, -0.15) is 8.78 Å². The van der Waals surface area contributed by atoms with E-state index < -0.39 is 6.61 Å². The molecule has 0 bridgehead atoms. The SMILES string of the molecule is Cc1cccc(OC(F)F)c1NC(=O)N(C)CCN(C)C1CCN(C)CC1. The molecule has 2 amide bonds. The third kappa shape index (κ3) is 6.32. The van der Waals surface area contributed by atoms with Crippen molar-refractivity contribution in [2.75, 3.05) is 52.6 Å². The first-order chi connectivity index (χ1) is 12.8. The number of aryl methyl sites for hydroxylation is 1. The normalized spacial score (nSPS) is 16.0. The number of alkyl halides is 2. The molecule has 6 nitrogen and oxygen atoms in total. The van der Waals surface area contributed by atoms with Crippen LogP contribution in [-0.2, 0) is 0 Å². The predicted molar refractivity (Wildman–Crippen MR) is 103 cm³/mol. The van der Waals surface area contributed by atoms with Crippen molar-refractivity contribution in [3.63, 3.8) is 0 Å². The molecule has 1 saturated heterocycles. The number of amides is 2. The number of anilines is 1. The number of likely N-dealkylation sites (tertiary alicyclic amines) is 1. The van der Waals surface area contributed by atoms with Gasteiger partial charge >= 0.3 is 12.6 Å². The Morgan fingerprint density at radius 3 is 2.59 bits per heavy atom. The van der Waals surface area contributed by atoms with E-state index in [1.165, 1.54) is 6.07 Å². The number of nitrogens with one attached hydrogen (secondary N) is 1. The van der Waals surface area contributed by atoms with Crippen molar-refractivity contribution >= 4 is 11.7 Å². The number of benzene rings is 1. The molecule has 0 aliphatic carbocycles. The molecule has 0 radical (unpaired) electrons. The fourth-order valence-electron chi connectivity index (χ4n) is 3.23. The molecule has 0 aromatic heterocycles. The van der Waals surface area contributed by atoms with Crippen LogP contribution in [0.15, 0.2) is 18.2 Å². The highest BCUT2D eigenvalue weighted by Crippen LogP contribution is 2.29. The summed E-state index contributed by atoms with van der Waals surface area (Å²) in [5.41, 5.74) is 0.941. The zero-order chi connectivity index (χ0) is 20.0. The van der Waals surface area contributed by atoms with E-state index in [1.807, 2.05) is 0 Å². The molecule has 27 heavy (non-hydrogen) atoms. The summed E-state index contributed by atoms with van der Waals surface area (Å²) in [6.07, 6.45) is 2.25. The number of hydrogen-bond donors (Lipinski definition) is 1. The lowest BCUT2D eigenvalue weighted by molar-refractivity contribution is -0.0493. The maximum absolute atomic E-state index is 12.6. The van der Waals surface area contributed by atoms with Crippen molar-refractivity contribution < 1.29 is 18.3 Å². The number of nitrogens with zero attached hydrogens (tertiary/aromatic N) is 3. The van der Waals surface area contributed by atoms with Gasteiger partial charge in [0.05, 0.1) is 5.69 Å². The molecule has 0 unspecified atom stereocenters. The Bertz CT molecular complexity index is 622. The van der Waals surface area contributed by atoms with Gasteiger partial charge in [0.25, 0.3) is 0 Å². The minimum absolute atomic E-state index is 0.0322. The summed E-state index contributed by atoms with van der Waals surface area (Å²) in [7, 11) is 5.91. The summed E-state index contributed by atoms with van der Waals surface area (Å²) in [4.78, 5) is 18.7. The lowest BCUT2D eigenvalue weighted by atomic mass is 10.0. The van der Waals surface area contributed by atoms with E-state index in [4.69, 9.17) is 0 Å². The Morgan fingerprint density at radius 2 is 1.96 bits per heavy atom. The van der Waals surface area contributed by atoms with Crippen LogP contribution in [0, 0.1) is 6.92 Å². The number of carbonyl (C=O) groups is 1. The zero-order valence-corrected chi connectivity index (χ0v) is 16.5. The number of para-hydroxylation sites is 1. The van der Waals surface area contributed by atoms with Crippen LogP contribution in [0.25, 0.3) is 0 Å². The van der Waals surface area contributed by atoms with Gasteiger partial charge in [-0.1, -0.05) is 12.1 Å². The van der Waals surface area contributed by atoms with Crippen LogP contribution < -0.4 is 10.1 Å². The minimum atomic E-state index is -2.94. The maximum atomic E-state index is 12.6. The number of halogens is 2.